The Morgan fingerprint density at radius 1 is 1.17 bits per heavy atom. The van der Waals surface area contributed by atoms with Crippen LogP contribution in [0, 0.1) is 0 Å². The standard InChI is InChI=1S/C17H21N3O3/c1-22-11-5-10-18-16-9-8-14(12-19-16)20-17(21)13-23-15-6-3-2-4-7-15/h2-4,6-9,12H,5,10-11,13H2,1H3,(H,18,19)(H,20,21). The maximum absolute atomic E-state index is 11.8. The molecule has 1 heterocycles. The number of rotatable bonds is 9. The fourth-order valence-electron chi connectivity index (χ4n) is 1.87. The van der Waals surface area contributed by atoms with Crippen molar-refractivity contribution >= 4 is 17.4 Å². The van der Waals surface area contributed by atoms with E-state index >= 15 is 0 Å². The third kappa shape index (κ3) is 6.36. The van der Waals surface area contributed by atoms with Crippen LogP contribution in [0.4, 0.5) is 11.5 Å². The fraction of sp³-hybridized carbons (Fsp3) is 0.294. The molecule has 2 N–H and O–H groups in total. The molecule has 1 aromatic carbocycles. The molecule has 0 unspecified atom stereocenters. The Hall–Kier alpha value is -2.60. The molecule has 6 heteroatoms. The van der Waals surface area contributed by atoms with Crippen LogP contribution in [0.25, 0.3) is 0 Å². The molecule has 1 amide bonds. The first-order chi connectivity index (χ1) is 11.3. The van der Waals surface area contributed by atoms with Gasteiger partial charge in [-0.25, -0.2) is 4.98 Å². The van der Waals surface area contributed by atoms with E-state index in [0.717, 1.165) is 18.8 Å². The lowest BCUT2D eigenvalue weighted by Crippen LogP contribution is -2.20. The number of ether oxygens (including phenoxy) is 2. The summed E-state index contributed by atoms with van der Waals surface area (Å²) >= 11 is 0. The third-order valence-electron chi connectivity index (χ3n) is 2.99. The lowest BCUT2D eigenvalue weighted by molar-refractivity contribution is -0.118. The van der Waals surface area contributed by atoms with Gasteiger partial charge in [0.25, 0.3) is 5.91 Å². The van der Waals surface area contributed by atoms with Crippen LogP contribution in [0.3, 0.4) is 0 Å². The van der Waals surface area contributed by atoms with Crippen LogP contribution < -0.4 is 15.4 Å². The van der Waals surface area contributed by atoms with Gasteiger partial charge in [0.15, 0.2) is 6.61 Å². The van der Waals surface area contributed by atoms with Crippen molar-refractivity contribution < 1.29 is 14.3 Å². The first kappa shape index (κ1) is 16.8. The first-order valence-electron chi connectivity index (χ1n) is 7.44. The molecule has 23 heavy (non-hydrogen) atoms. The second kappa shape index (κ2) is 9.42. The molecular weight excluding hydrogens is 294 g/mol. The molecule has 1 aromatic heterocycles. The number of nitrogens with one attached hydrogen (secondary N) is 2. The number of pyridine rings is 1. The van der Waals surface area contributed by atoms with Crippen LogP contribution in [0.1, 0.15) is 6.42 Å². The minimum Gasteiger partial charge on any atom is -0.484 e. The molecule has 0 fully saturated rings. The lowest BCUT2D eigenvalue weighted by Gasteiger charge is -2.08. The van der Waals surface area contributed by atoms with Gasteiger partial charge in [0.1, 0.15) is 11.6 Å². The molecule has 0 aliphatic carbocycles. The fourth-order valence-corrected chi connectivity index (χ4v) is 1.87. The van der Waals surface area contributed by atoms with Gasteiger partial charge in [-0.2, -0.15) is 0 Å². The first-order valence-corrected chi connectivity index (χ1v) is 7.44. The van der Waals surface area contributed by atoms with Crippen molar-refractivity contribution in [2.45, 2.75) is 6.42 Å². The van der Waals surface area contributed by atoms with E-state index in [1.165, 1.54) is 0 Å². The number of hydrogen-bond acceptors (Lipinski definition) is 5. The molecular formula is C17H21N3O3. The minimum absolute atomic E-state index is 0.0406. The number of hydrogen-bond donors (Lipinski definition) is 2. The quantitative estimate of drug-likeness (QED) is 0.696. The van der Waals surface area contributed by atoms with Crippen molar-refractivity contribution in [1.29, 1.82) is 0 Å². The number of para-hydroxylation sites is 1. The average molecular weight is 315 g/mol. The van der Waals surface area contributed by atoms with Gasteiger partial charge in [0.05, 0.1) is 11.9 Å². The third-order valence-corrected chi connectivity index (χ3v) is 2.99. The van der Waals surface area contributed by atoms with Gasteiger partial charge in [0, 0.05) is 20.3 Å². The van der Waals surface area contributed by atoms with E-state index < -0.39 is 0 Å². The molecule has 0 aliphatic rings. The molecule has 6 nitrogen and oxygen atoms in total. The second-order valence-electron chi connectivity index (χ2n) is 4.86. The Bertz CT molecular complexity index is 588. The highest BCUT2D eigenvalue weighted by Gasteiger charge is 2.04. The van der Waals surface area contributed by atoms with Crippen molar-refractivity contribution in [3.05, 3.63) is 48.7 Å². The van der Waals surface area contributed by atoms with Gasteiger partial charge in [-0.3, -0.25) is 4.79 Å². The summed E-state index contributed by atoms with van der Waals surface area (Å²) in [6.45, 7) is 1.46. The molecule has 0 radical (unpaired) electrons. The summed E-state index contributed by atoms with van der Waals surface area (Å²) in [4.78, 5) is 16.1. The predicted molar refractivity (Wildman–Crippen MR) is 89.8 cm³/mol. The molecule has 0 spiro atoms. The topological polar surface area (TPSA) is 72.5 Å². The van der Waals surface area contributed by atoms with E-state index in [0.29, 0.717) is 18.0 Å². The predicted octanol–water partition coefficient (Wildman–Crippen LogP) is 2.55. The van der Waals surface area contributed by atoms with Crippen LogP contribution in [-0.2, 0) is 9.53 Å². The van der Waals surface area contributed by atoms with Gasteiger partial charge in [-0.1, -0.05) is 18.2 Å². The highest BCUT2D eigenvalue weighted by Crippen LogP contribution is 2.11. The Balaban J connectivity index is 1.73. The Labute approximate surface area is 135 Å². The maximum atomic E-state index is 11.8. The van der Waals surface area contributed by atoms with Crippen LogP contribution in [-0.4, -0.2) is 37.8 Å². The lowest BCUT2D eigenvalue weighted by atomic mass is 10.3. The van der Waals surface area contributed by atoms with E-state index in [-0.39, 0.29) is 12.5 Å². The summed E-state index contributed by atoms with van der Waals surface area (Å²) < 4.78 is 10.4. The zero-order valence-corrected chi connectivity index (χ0v) is 13.1. The monoisotopic (exact) mass is 315 g/mol. The van der Waals surface area contributed by atoms with E-state index in [2.05, 4.69) is 15.6 Å². The summed E-state index contributed by atoms with van der Waals surface area (Å²) in [7, 11) is 1.68. The van der Waals surface area contributed by atoms with Crippen LogP contribution in [0.5, 0.6) is 5.75 Å². The van der Waals surface area contributed by atoms with Crippen molar-refractivity contribution in [1.82, 2.24) is 4.98 Å². The van der Waals surface area contributed by atoms with Crippen LogP contribution >= 0.6 is 0 Å². The molecule has 2 aromatic rings. The van der Waals surface area contributed by atoms with Gasteiger partial charge in [-0.15, -0.1) is 0 Å². The van der Waals surface area contributed by atoms with Gasteiger partial charge < -0.3 is 20.1 Å². The normalized spacial score (nSPS) is 10.1. The van der Waals surface area contributed by atoms with Gasteiger partial charge >= 0.3 is 0 Å². The molecule has 0 atom stereocenters. The highest BCUT2D eigenvalue weighted by atomic mass is 16.5. The largest absolute Gasteiger partial charge is 0.484 e. The smallest absolute Gasteiger partial charge is 0.262 e. The minimum atomic E-state index is -0.226. The number of methoxy groups -OCH3 is 1. The van der Waals surface area contributed by atoms with E-state index in [1.54, 1.807) is 31.5 Å². The number of anilines is 2. The van der Waals surface area contributed by atoms with Crippen molar-refractivity contribution in [2.75, 3.05) is 37.5 Å². The molecule has 0 saturated carbocycles. The van der Waals surface area contributed by atoms with Crippen LogP contribution in [0.2, 0.25) is 0 Å². The zero-order chi connectivity index (χ0) is 16.3. The van der Waals surface area contributed by atoms with E-state index in [4.69, 9.17) is 9.47 Å². The molecule has 0 aliphatic heterocycles. The summed E-state index contributed by atoms with van der Waals surface area (Å²) in [6.07, 6.45) is 2.52. The summed E-state index contributed by atoms with van der Waals surface area (Å²) in [5.74, 6) is 1.20. The van der Waals surface area contributed by atoms with Gasteiger partial charge in [0.2, 0.25) is 0 Å². The van der Waals surface area contributed by atoms with Gasteiger partial charge in [-0.05, 0) is 30.7 Å². The number of nitrogens with zero attached hydrogens (tertiary/aromatic N) is 1. The molecule has 122 valence electrons. The Morgan fingerprint density at radius 2 is 2.00 bits per heavy atom. The number of carbonyl (C=O) groups excluding carboxylic acids is 1. The van der Waals surface area contributed by atoms with Crippen molar-refractivity contribution in [3.8, 4) is 5.75 Å². The summed E-state index contributed by atoms with van der Waals surface area (Å²) in [6, 6.07) is 12.8. The Kier molecular flexibility index (Phi) is 6.87. The Morgan fingerprint density at radius 3 is 2.70 bits per heavy atom. The average Bonchev–Trinajstić information content (AvgIpc) is 2.59. The molecule has 2 rings (SSSR count). The maximum Gasteiger partial charge on any atom is 0.262 e. The second-order valence-corrected chi connectivity index (χ2v) is 4.86. The SMILES string of the molecule is COCCCNc1ccc(NC(=O)COc2ccccc2)cn1. The number of amides is 1. The molecule has 0 saturated heterocycles. The van der Waals surface area contributed by atoms with Crippen molar-refractivity contribution in [2.24, 2.45) is 0 Å². The van der Waals surface area contributed by atoms with E-state index in [9.17, 15) is 4.79 Å². The summed E-state index contributed by atoms with van der Waals surface area (Å²) in [5.41, 5.74) is 0.633. The molecule has 0 bridgehead atoms. The number of aromatic nitrogens is 1. The summed E-state index contributed by atoms with van der Waals surface area (Å²) in [5, 5.41) is 5.92. The van der Waals surface area contributed by atoms with Crippen molar-refractivity contribution in [3.63, 3.8) is 0 Å². The highest BCUT2D eigenvalue weighted by molar-refractivity contribution is 5.91. The zero-order valence-electron chi connectivity index (χ0n) is 13.1. The number of benzene rings is 1. The van der Waals surface area contributed by atoms with E-state index in [1.807, 2.05) is 24.3 Å². The van der Waals surface area contributed by atoms with Crippen LogP contribution in [0.15, 0.2) is 48.7 Å². The number of carbonyl (C=O) groups is 1.